The highest BCUT2D eigenvalue weighted by molar-refractivity contribution is 5.34. The van der Waals surface area contributed by atoms with E-state index in [4.69, 9.17) is 0 Å². The molecule has 19 heavy (non-hydrogen) atoms. The number of aromatic nitrogens is 2. The molecular weight excluding hydrogens is 234 g/mol. The van der Waals surface area contributed by atoms with Crippen molar-refractivity contribution in [2.24, 2.45) is 5.41 Å². The molecule has 0 bridgehead atoms. The Balaban J connectivity index is 1.84. The van der Waals surface area contributed by atoms with Crippen LogP contribution in [-0.2, 0) is 13.0 Å². The van der Waals surface area contributed by atoms with Gasteiger partial charge in [-0.05, 0) is 29.4 Å². The van der Waals surface area contributed by atoms with Gasteiger partial charge in [-0.25, -0.2) is 4.98 Å². The Morgan fingerprint density at radius 3 is 3.00 bits per heavy atom. The molecular formula is C16H21N3. The van der Waals surface area contributed by atoms with Gasteiger partial charge in [-0.1, -0.05) is 38.1 Å². The van der Waals surface area contributed by atoms with Gasteiger partial charge < -0.3 is 10.3 Å². The molecule has 0 saturated carbocycles. The minimum absolute atomic E-state index is 0.279. The summed E-state index contributed by atoms with van der Waals surface area (Å²) in [6.45, 7) is 5.49. The van der Waals surface area contributed by atoms with Crippen LogP contribution in [-0.4, -0.2) is 9.97 Å². The highest BCUT2D eigenvalue weighted by Gasteiger charge is 2.35. The Morgan fingerprint density at radius 1 is 1.37 bits per heavy atom. The number of benzene rings is 1. The van der Waals surface area contributed by atoms with Crippen molar-refractivity contribution in [1.82, 2.24) is 15.3 Å². The fourth-order valence-corrected chi connectivity index (χ4v) is 3.05. The number of rotatable bonds is 3. The third-order valence-corrected chi connectivity index (χ3v) is 4.21. The predicted octanol–water partition coefficient (Wildman–Crippen LogP) is 3.21. The molecule has 0 fully saturated rings. The van der Waals surface area contributed by atoms with Gasteiger partial charge in [0.05, 0.1) is 6.54 Å². The molecule has 0 aliphatic heterocycles. The monoisotopic (exact) mass is 255 g/mol. The molecule has 0 radical (unpaired) electrons. The molecule has 0 saturated heterocycles. The molecule has 1 heterocycles. The molecule has 0 spiro atoms. The first-order chi connectivity index (χ1) is 9.17. The Bertz CT molecular complexity index is 543. The second kappa shape index (κ2) is 4.82. The summed E-state index contributed by atoms with van der Waals surface area (Å²) in [6, 6.07) is 9.19. The van der Waals surface area contributed by atoms with Crippen LogP contribution in [0.5, 0.6) is 0 Å². The molecule has 3 heteroatoms. The maximum atomic E-state index is 4.29. The average Bonchev–Trinajstić information content (AvgIpc) is 2.90. The molecule has 3 nitrogen and oxygen atoms in total. The zero-order valence-corrected chi connectivity index (χ0v) is 11.6. The number of imidazole rings is 1. The van der Waals surface area contributed by atoms with E-state index in [1.165, 1.54) is 24.0 Å². The van der Waals surface area contributed by atoms with Crippen LogP contribution in [0.3, 0.4) is 0 Å². The van der Waals surface area contributed by atoms with Crippen molar-refractivity contribution in [2.75, 3.05) is 0 Å². The van der Waals surface area contributed by atoms with E-state index < -0.39 is 0 Å². The Morgan fingerprint density at radius 2 is 2.21 bits per heavy atom. The second-order valence-electron chi connectivity index (χ2n) is 6.04. The van der Waals surface area contributed by atoms with Crippen molar-refractivity contribution >= 4 is 0 Å². The van der Waals surface area contributed by atoms with Crippen molar-refractivity contribution in [3.63, 3.8) is 0 Å². The lowest BCUT2D eigenvalue weighted by Gasteiger charge is -2.40. The molecule has 1 aromatic heterocycles. The summed E-state index contributed by atoms with van der Waals surface area (Å²) in [5.74, 6) is 0.999. The van der Waals surface area contributed by atoms with Crippen LogP contribution >= 0.6 is 0 Å². The summed E-state index contributed by atoms with van der Waals surface area (Å²) < 4.78 is 0. The van der Waals surface area contributed by atoms with Gasteiger partial charge in [0.15, 0.2) is 0 Å². The van der Waals surface area contributed by atoms with Crippen LogP contribution < -0.4 is 5.32 Å². The SMILES string of the molecule is CC1(C)CCc2ccccc2C1NCc1ncc[nH]1. The van der Waals surface area contributed by atoms with Crippen molar-refractivity contribution in [2.45, 2.75) is 39.3 Å². The van der Waals surface area contributed by atoms with Crippen molar-refractivity contribution in [3.05, 3.63) is 53.6 Å². The van der Waals surface area contributed by atoms with Gasteiger partial charge in [-0.2, -0.15) is 0 Å². The first kappa shape index (κ1) is 12.4. The number of H-pyrrole nitrogens is 1. The van der Waals surface area contributed by atoms with Crippen LogP contribution in [0, 0.1) is 5.41 Å². The topological polar surface area (TPSA) is 40.7 Å². The van der Waals surface area contributed by atoms with Crippen LogP contribution in [0.4, 0.5) is 0 Å². The predicted molar refractivity (Wildman–Crippen MR) is 76.7 cm³/mol. The zero-order chi connectivity index (χ0) is 13.3. The van der Waals surface area contributed by atoms with E-state index in [2.05, 4.69) is 53.4 Å². The smallest absolute Gasteiger partial charge is 0.120 e. The molecule has 3 rings (SSSR count). The third kappa shape index (κ3) is 2.43. The number of aryl methyl sites for hydroxylation is 1. The fraction of sp³-hybridized carbons (Fsp3) is 0.438. The second-order valence-corrected chi connectivity index (χ2v) is 6.04. The zero-order valence-electron chi connectivity index (χ0n) is 11.6. The lowest BCUT2D eigenvalue weighted by atomic mass is 9.70. The number of hydrogen-bond donors (Lipinski definition) is 2. The molecule has 1 unspecified atom stereocenters. The highest BCUT2D eigenvalue weighted by Crippen LogP contribution is 2.43. The molecule has 1 atom stereocenters. The summed E-state index contributed by atoms with van der Waals surface area (Å²) in [6.07, 6.45) is 6.08. The van der Waals surface area contributed by atoms with E-state index in [9.17, 15) is 0 Å². The molecule has 2 N–H and O–H groups in total. The largest absolute Gasteiger partial charge is 0.348 e. The highest BCUT2D eigenvalue weighted by atomic mass is 15.0. The summed E-state index contributed by atoms with van der Waals surface area (Å²) in [5, 5.41) is 3.68. The van der Waals surface area contributed by atoms with Crippen LogP contribution in [0.2, 0.25) is 0 Å². The van der Waals surface area contributed by atoms with Gasteiger partial charge >= 0.3 is 0 Å². The molecule has 1 aliphatic carbocycles. The quantitative estimate of drug-likeness (QED) is 0.884. The number of hydrogen-bond acceptors (Lipinski definition) is 2. The molecule has 1 aliphatic rings. The van der Waals surface area contributed by atoms with Gasteiger partial charge in [-0.15, -0.1) is 0 Å². The first-order valence-electron chi connectivity index (χ1n) is 6.96. The Hall–Kier alpha value is -1.61. The van der Waals surface area contributed by atoms with Gasteiger partial charge in [0, 0.05) is 18.4 Å². The van der Waals surface area contributed by atoms with E-state index in [1.807, 2.05) is 6.20 Å². The van der Waals surface area contributed by atoms with E-state index in [0.29, 0.717) is 6.04 Å². The van der Waals surface area contributed by atoms with Gasteiger partial charge in [0.25, 0.3) is 0 Å². The van der Waals surface area contributed by atoms with E-state index in [1.54, 1.807) is 6.20 Å². The van der Waals surface area contributed by atoms with Gasteiger partial charge in [0.2, 0.25) is 0 Å². The van der Waals surface area contributed by atoms with Crippen molar-refractivity contribution < 1.29 is 0 Å². The minimum Gasteiger partial charge on any atom is -0.348 e. The summed E-state index contributed by atoms with van der Waals surface area (Å²) in [7, 11) is 0. The maximum absolute atomic E-state index is 4.29. The standard InChI is InChI=1S/C16H21N3/c1-16(2)8-7-12-5-3-4-6-13(12)15(16)19-11-14-17-9-10-18-14/h3-6,9-10,15,19H,7-8,11H2,1-2H3,(H,17,18). The lowest BCUT2D eigenvalue weighted by molar-refractivity contribution is 0.207. The normalized spacial score (nSPS) is 21.1. The lowest BCUT2D eigenvalue weighted by Crippen LogP contribution is -2.38. The minimum atomic E-state index is 0.279. The number of nitrogens with zero attached hydrogens (tertiary/aromatic N) is 1. The molecule has 100 valence electrons. The number of nitrogens with one attached hydrogen (secondary N) is 2. The van der Waals surface area contributed by atoms with E-state index in [-0.39, 0.29) is 5.41 Å². The van der Waals surface area contributed by atoms with Crippen LogP contribution in [0.15, 0.2) is 36.7 Å². The van der Waals surface area contributed by atoms with Gasteiger partial charge in [0.1, 0.15) is 5.82 Å². The molecule has 2 aromatic rings. The molecule has 1 aromatic carbocycles. The summed E-state index contributed by atoms with van der Waals surface area (Å²) in [5.41, 5.74) is 3.21. The summed E-state index contributed by atoms with van der Waals surface area (Å²) in [4.78, 5) is 7.44. The third-order valence-electron chi connectivity index (χ3n) is 4.21. The van der Waals surface area contributed by atoms with Crippen LogP contribution in [0.1, 0.15) is 43.3 Å². The number of aromatic amines is 1. The first-order valence-corrected chi connectivity index (χ1v) is 6.96. The van der Waals surface area contributed by atoms with E-state index >= 15 is 0 Å². The maximum Gasteiger partial charge on any atom is 0.120 e. The fourth-order valence-electron chi connectivity index (χ4n) is 3.05. The Labute approximate surface area is 114 Å². The Kier molecular flexibility index (Phi) is 3.15. The van der Waals surface area contributed by atoms with Gasteiger partial charge in [-0.3, -0.25) is 0 Å². The molecule has 0 amide bonds. The van der Waals surface area contributed by atoms with Crippen molar-refractivity contribution in [1.29, 1.82) is 0 Å². The van der Waals surface area contributed by atoms with E-state index in [0.717, 1.165) is 12.4 Å². The summed E-state index contributed by atoms with van der Waals surface area (Å²) >= 11 is 0. The van der Waals surface area contributed by atoms with Crippen LogP contribution in [0.25, 0.3) is 0 Å². The van der Waals surface area contributed by atoms with Crippen molar-refractivity contribution in [3.8, 4) is 0 Å². The average molecular weight is 255 g/mol. The number of fused-ring (bicyclic) bond motifs is 1.